The summed E-state index contributed by atoms with van der Waals surface area (Å²) < 4.78 is 45.9. The third-order valence-electron chi connectivity index (χ3n) is 2.54. The number of hydrogen-bond donors (Lipinski definition) is 1. The Morgan fingerprint density at radius 2 is 2.21 bits per heavy atom. The zero-order chi connectivity index (χ0) is 14.5. The Morgan fingerprint density at radius 3 is 2.74 bits per heavy atom. The van der Waals surface area contributed by atoms with Crippen LogP contribution in [0, 0.1) is 0 Å². The minimum absolute atomic E-state index is 0.0815. The number of hydrogen-bond acceptors (Lipinski definition) is 3. The van der Waals surface area contributed by atoms with Crippen LogP contribution in [0.2, 0.25) is 0 Å². The summed E-state index contributed by atoms with van der Waals surface area (Å²) in [5.74, 6) is 0. The van der Waals surface area contributed by atoms with E-state index in [2.05, 4.69) is 26.3 Å². The standard InChI is InChI=1S/C11H17BrF3N3O/c1-3-4-16-10(11(13,14)15)9-8(12)7-17-18(9)5-6-19-2/h7,10,16H,3-6H2,1-2H3. The van der Waals surface area contributed by atoms with E-state index >= 15 is 0 Å². The van der Waals surface area contributed by atoms with Crippen LogP contribution in [0.1, 0.15) is 25.1 Å². The Balaban J connectivity index is 3.03. The van der Waals surface area contributed by atoms with Gasteiger partial charge in [0.25, 0.3) is 0 Å². The minimum Gasteiger partial charge on any atom is -0.383 e. The van der Waals surface area contributed by atoms with Crippen LogP contribution >= 0.6 is 15.9 Å². The third-order valence-corrected chi connectivity index (χ3v) is 3.15. The first kappa shape index (κ1) is 16.5. The van der Waals surface area contributed by atoms with Gasteiger partial charge in [0.1, 0.15) is 6.04 Å². The highest BCUT2D eigenvalue weighted by Crippen LogP contribution is 2.36. The van der Waals surface area contributed by atoms with Crippen molar-refractivity contribution in [3.63, 3.8) is 0 Å². The SMILES string of the molecule is CCCNC(c1c(Br)cnn1CCOC)C(F)(F)F. The lowest BCUT2D eigenvalue weighted by Crippen LogP contribution is -2.36. The first-order valence-electron chi connectivity index (χ1n) is 5.92. The van der Waals surface area contributed by atoms with E-state index < -0.39 is 12.2 Å². The van der Waals surface area contributed by atoms with Gasteiger partial charge in [-0.2, -0.15) is 18.3 Å². The number of rotatable bonds is 7. The van der Waals surface area contributed by atoms with Gasteiger partial charge < -0.3 is 10.1 Å². The van der Waals surface area contributed by atoms with Crippen molar-refractivity contribution in [1.82, 2.24) is 15.1 Å². The number of aromatic nitrogens is 2. The number of nitrogens with one attached hydrogen (secondary N) is 1. The van der Waals surface area contributed by atoms with Gasteiger partial charge in [-0.25, -0.2) is 0 Å². The summed E-state index contributed by atoms with van der Waals surface area (Å²) in [5, 5.41) is 6.46. The molecule has 0 aliphatic rings. The average Bonchev–Trinajstić information content (AvgIpc) is 2.67. The second-order valence-corrected chi connectivity index (χ2v) is 4.88. The van der Waals surface area contributed by atoms with Crippen LogP contribution in [0.5, 0.6) is 0 Å². The van der Waals surface area contributed by atoms with Gasteiger partial charge in [-0.3, -0.25) is 4.68 Å². The average molecular weight is 344 g/mol. The summed E-state index contributed by atoms with van der Waals surface area (Å²) in [6.45, 7) is 2.68. The van der Waals surface area contributed by atoms with Crippen molar-refractivity contribution in [1.29, 1.82) is 0 Å². The van der Waals surface area contributed by atoms with Gasteiger partial charge in [0, 0.05) is 7.11 Å². The van der Waals surface area contributed by atoms with E-state index in [9.17, 15) is 13.2 Å². The summed E-state index contributed by atoms with van der Waals surface area (Å²) in [6.07, 6.45) is -2.38. The highest BCUT2D eigenvalue weighted by Gasteiger charge is 2.43. The van der Waals surface area contributed by atoms with E-state index in [4.69, 9.17) is 4.74 Å². The third kappa shape index (κ3) is 4.47. The van der Waals surface area contributed by atoms with Crippen molar-refractivity contribution in [2.45, 2.75) is 32.1 Å². The molecule has 1 aromatic heterocycles. The van der Waals surface area contributed by atoms with Crippen LogP contribution in [-0.4, -0.2) is 36.2 Å². The molecular weight excluding hydrogens is 327 g/mol. The van der Waals surface area contributed by atoms with Crippen LogP contribution < -0.4 is 5.32 Å². The van der Waals surface area contributed by atoms with Crippen molar-refractivity contribution < 1.29 is 17.9 Å². The van der Waals surface area contributed by atoms with E-state index in [-0.39, 0.29) is 18.8 Å². The van der Waals surface area contributed by atoms with Crippen LogP contribution in [0.25, 0.3) is 0 Å². The quantitative estimate of drug-likeness (QED) is 0.827. The smallest absolute Gasteiger partial charge is 0.383 e. The van der Waals surface area contributed by atoms with Gasteiger partial charge in [0.2, 0.25) is 0 Å². The van der Waals surface area contributed by atoms with Crippen molar-refractivity contribution >= 4 is 15.9 Å². The lowest BCUT2D eigenvalue weighted by Gasteiger charge is -2.23. The van der Waals surface area contributed by atoms with E-state index in [0.717, 1.165) is 0 Å². The van der Waals surface area contributed by atoms with E-state index in [1.165, 1.54) is 18.0 Å². The molecule has 0 bridgehead atoms. The van der Waals surface area contributed by atoms with Crippen molar-refractivity contribution in [3.8, 4) is 0 Å². The summed E-state index contributed by atoms with van der Waals surface area (Å²) in [5.41, 5.74) is 0.0815. The van der Waals surface area contributed by atoms with Crippen LogP contribution in [0.4, 0.5) is 13.2 Å². The summed E-state index contributed by atoms with van der Waals surface area (Å²) in [6, 6.07) is -1.74. The molecule has 1 rings (SSSR count). The molecule has 0 fully saturated rings. The fraction of sp³-hybridized carbons (Fsp3) is 0.727. The maximum Gasteiger partial charge on any atom is 0.409 e. The Labute approximate surface area is 118 Å². The normalized spacial score (nSPS) is 13.8. The predicted octanol–water partition coefficient (Wildman–Crippen LogP) is 2.90. The van der Waals surface area contributed by atoms with Crippen molar-refractivity contribution in [2.75, 3.05) is 20.3 Å². The number of ether oxygens (including phenoxy) is 1. The molecule has 1 unspecified atom stereocenters. The molecular formula is C11H17BrF3N3O. The van der Waals surface area contributed by atoms with Gasteiger partial charge in [-0.15, -0.1) is 0 Å². The maximum atomic E-state index is 13.1. The van der Waals surface area contributed by atoms with Gasteiger partial charge >= 0.3 is 6.18 Å². The fourth-order valence-electron chi connectivity index (χ4n) is 1.67. The van der Waals surface area contributed by atoms with Gasteiger partial charge in [-0.1, -0.05) is 6.92 Å². The molecule has 8 heteroatoms. The number of nitrogens with zero attached hydrogens (tertiary/aromatic N) is 2. The molecule has 1 N–H and O–H groups in total. The van der Waals surface area contributed by atoms with E-state index in [1.807, 2.05) is 6.92 Å². The second kappa shape index (κ2) is 7.25. The number of alkyl halides is 3. The van der Waals surface area contributed by atoms with E-state index in [1.54, 1.807) is 0 Å². The molecule has 0 saturated heterocycles. The zero-order valence-corrected chi connectivity index (χ0v) is 12.4. The fourth-order valence-corrected chi connectivity index (χ4v) is 2.20. The van der Waals surface area contributed by atoms with Gasteiger partial charge in [0.15, 0.2) is 0 Å². The molecule has 0 amide bonds. The number of methoxy groups -OCH3 is 1. The Hall–Kier alpha value is -0.600. The van der Waals surface area contributed by atoms with Gasteiger partial charge in [0.05, 0.1) is 29.5 Å². The molecule has 19 heavy (non-hydrogen) atoms. The highest BCUT2D eigenvalue weighted by atomic mass is 79.9. The molecule has 0 aliphatic heterocycles. The second-order valence-electron chi connectivity index (χ2n) is 4.02. The first-order chi connectivity index (χ1) is 8.91. The largest absolute Gasteiger partial charge is 0.409 e. The summed E-state index contributed by atoms with van der Waals surface area (Å²) >= 11 is 3.13. The topological polar surface area (TPSA) is 39.1 Å². The van der Waals surface area contributed by atoms with Crippen LogP contribution in [-0.2, 0) is 11.3 Å². The molecule has 0 radical (unpaired) electrons. The van der Waals surface area contributed by atoms with Crippen LogP contribution in [0.3, 0.4) is 0 Å². The van der Waals surface area contributed by atoms with Crippen molar-refractivity contribution in [2.24, 2.45) is 0 Å². The van der Waals surface area contributed by atoms with Crippen molar-refractivity contribution in [3.05, 3.63) is 16.4 Å². The number of halogens is 4. The molecule has 1 aromatic rings. The molecule has 4 nitrogen and oxygen atoms in total. The highest BCUT2D eigenvalue weighted by molar-refractivity contribution is 9.10. The molecule has 1 heterocycles. The summed E-state index contributed by atoms with van der Waals surface area (Å²) in [7, 11) is 1.49. The first-order valence-corrected chi connectivity index (χ1v) is 6.71. The Bertz CT molecular complexity index is 395. The molecule has 0 spiro atoms. The monoisotopic (exact) mass is 343 g/mol. The lowest BCUT2D eigenvalue weighted by molar-refractivity contribution is -0.159. The Morgan fingerprint density at radius 1 is 1.53 bits per heavy atom. The lowest BCUT2D eigenvalue weighted by atomic mass is 10.2. The predicted molar refractivity (Wildman–Crippen MR) is 68.9 cm³/mol. The minimum atomic E-state index is -4.37. The molecule has 1 atom stereocenters. The van der Waals surface area contributed by atoms with Crippen LogP contribution in [0.15, 0.2) is 10.7 Å². The molecule has 110 valence electrons. The summed E-state index contributed by atoms with van der Waals surface area (Å²) in [4.78, 5) is 0. The molecule has 0 aromatic carbocycles. The zero-order valence-electron chi connectivity index (χ0n) is 10.8. The Kier molecular flexibility index (Phi) is 6.28. The molecule has 0 aliphatic carbocycles. The molecule has 0 saturated carbocycles. The van der Waals surface area contributed by atoms with Gasteiger partial charge in [-0.05, 0) is 28.9 Å². The van der Waals surface area contributed by atoms with E-state index in [0.29, 0.717) is 17.5 Å². The maximum absolute atomic E-state index is 13.1.